The molecule has 0 saturated heterocycles. The van der Waals surface area contributed by atoms with E-state index in [0.717, 1.165) is 5.56 Å². The fraction of sp³-hybridized carbons (Fsp3) is 0.278. The highest BCUT2D eigenvalue weighted by atomic mass is 35.5. The average molecular weight is 411 g/mol. The molecule has 0 unspecified atom stereocenters. The van der Waals surface area contributed by atoms with Crippen LogP contribution in [-0.4, -0.2) is 34.2 Å². The summed E-state index contributed by atoms with van der Waals surface area (Å²) in [5.74, 6) is 0.430. The second-order valence-electron chi connectivity index (χ2n) is 6.11. The highest BCUT2D eigenvalue weighted by Crippen LogP contribution is 2.39. The summed E-state index contributed by atoms with van der Waals surface area (Å²) in [6.07, 6.45) is 0. The lowest BCUT2D eigenvalue weighted by atomic mass is 10.2. The van der Waals surface area contributed by atoms with Crippen molar-refractivity contribution in [3.05, 3.63) is 52.0 Å². The Morgan fingerprint density at radius 3 is 2.70 bits per heavy atom. The molecule has 2 aromatic carbocycles. The van der Waals surface area contributed by atoms with Crippen LogP contribution in [0.1, 0.15) is 21.5 Å². The lowest BCUT2D eigenvalue weighted by Crippen LogP contribution is -2.35. The molecule has 1 aliphatic rings. The minimum atomic E-state index is -3.65. The molecule has 0 spiro atoms. The van der Waals surface area contributed by atoms with Gasteiger partial charge in [-0.05, 0) is 43.2 Å². The van der Waals surface area contributed by atoms with Gasteiger partial charge < -0.3 is 14.8 Å². The van der Waals surface area contributed by atoms with E-state index < -0.39 is 10.0 Å². The van der Waals surface area contributed by atoms with Crippen molar-refractivity contribution in [2.45, 2.75) is 18.7 Å². The number of halogens is 1. The Balaban J connectivity index is 1.58. The number of sulfonamides is 1. The Hall–Kier alpha value is -2.29. The first-order valence-corrected chi connectivity index (χ1v) is 10.1. The number of fused-ring (bicyclic) bond motifs is 1. The third-order valence-corrected chi connectivity index (χ3v) is 5.91. The predicted molar refractivity (Wildman–Crippen MR) is 101 cm³/mol. The number of aryl methyl sites for hydroxylation is 2. The van der Waals surface area contributed by atoms with Gasteiger partial charge in [-0.3, -0.25) is 4.79 Å². The van der Waals surface area contributed by atoms with E-state index >= 15 is 0 Å². The minimum absolute atomic E-state index is 0.0553. The lowest BCUT2D eigenvalue weighted by Gasteiger charge is -2.11. The molecule has 9 heteroatoms. The van der Waals surface area contributed by atoms with E-state index in [1.54, 1.807) is 19.1 Å². The molecule has 1 heterocycles. The fourth-order valence-electron chi connectivity index (χ4n) is 2.64. The van der Waals surface area contributed by atoms with Crippen molar-refractivity contribution in [3.8, 4) is 11.5 Å². The smallest absolute Gasteiger partial charge is 0.251 e. The molecular formula is C18H19ClN2O5S. The molecule has 2 aromatic rings. The van der Waals surface area contributed by atoms with E-state index in [9.17, 15) is 13.2 Å². The van der Waals surface area contributed by atoms with Crippen LogP contribution in [0.25, 0.3) is 0 Å². The molecular weight excluding hydrogens is 392 g/mol. The molecule has 0 bridgehead atoms. The largest absolute Gasteiger partial charge is 0.454 e. The number of carbonyl (C=O) groups is 1. The van der Waals surface area contributed by atoms with Crippen molar-refractivity contribution in [3.63, 3.8) is 0 Å². The first-order chi connectivity index (χ1) is 12.8. The average Bonchev–Trinajstić information content (AvgIpc) is 3.09. The van der Waals surface area contributed by atoms with Gasteiger partial charge in [0.2, 0.25) is 16.8 Å². The van der Waals surface area contributed by atoms with Crippen LogP contribution >= 0.6 is 11.6 Å². The Bertz CT molecular complexity index is 991. The Morgan fingerprint density at radius 2 is 1.93 bits per heavy atom. The SMILES string of the molecule is Cc1ccc(C)c(S(=O)(=O)NCCNC(=O)c2cc(Cl)c3c(c2)OCO3)c1. The highest BCUT2D eigenvalue weighted by Gasteiger charge is 2.21. The number of amides is 1. The van der Waals surface area contributed by atoms with Crippen LogP contribution in [-0.2, 0) is 10.0 Å². The number of hydrogen-bond donors (Lipinski definition) is 2. The van der Waals surface area contributed by atoms with Crippen LogP contribution in [0.5, 0.6) is 11.5 Å². The lowest BCUT2D eigenvalue weighted by molar-refractivity contribution is 0.0954. The van der Waals surface area contributed by atoms with E-state index in [4.69, 9.17) is 21.1 Å². The zero-order valence-electron chi connectivity index (χ0n) is 14.8. The molecule has 2 N–H and O–H groups in total. The Kier molecular flexibility index (Phi) is 5.59. The van der Waals surface area contributed by atoms with E-state index in [-0.39, 0.29) is 35.7 Å². The maximum absolute atomic E-state index is 12.4. The van der Waals surface area contributed by atoms with Crippen LogP contribution in [0.3, 0.4) is 0 Å². The number of hydrogen-bond acceptors (Lipinski definition) is 5. The number of carbonyl (C=O) groups excluding carboxylic acids is 1. The summed E-state index contributed by atoms with van der Waals surface area (Å²) in [4.78, 5) is 12.5. The second-order valence-corrected chi connectivity index (χ2v) is 8.26. The summed E-state index contributed by atoms with van der Waals surface area (Å²) in [7, 11) is -3.65. The summed E-state index contributed by atoms with van der Waals surface area (Å²) < 4.78 is 37.8. The van der Waals surface area contributed by atoms with Gasteiger partial charge in [0, 0.05) is 18.7 Å². The predicted octanol–water partition coefficient (Wildman–Crippen LogP) is 2.39. The normalized spacial score (nSPS) is 12.9. The molecule has 0 atom stereocenters. The van der Waals surface area contributed by atoms with Gasteiger partial charge in [-0.15, -0.1) is 0 Å². The summed E-state index contributed by atoms with van der Waals surface area (Å²) in [6.45, 7) is 3.79. The quantitative estimate of drug-likeness (QED) is 0.713. The minimum Gasteiger partial charge on any atom is -0.454 e. The van der Waals surface area contributed by atoms with E-state index in [2.05, 4.69) is 10.0 Å². The molecule has 144 valence electrons. The first kappa shape index (κ1) is 19.5. The maximum Gasteiger partial charge on any atom is 0.251 e. The van der Waals surface area contributed by atoms with E-state index in [1.165, 1.54) is 12.1 Å². The monoisotopic (exact) mass is 410 g/mol. The van der Waals surface area contributed by atoms with Gasteiger partial charge in [0.15, 0.2) is 11.5 Å². The van der Waals surface area contributed by atoms with Crippen molar-refractivity contribution in [2.75, 3.05) is 19.9 Å². The van der Waals surface area contributed by atoms with Crippen molar-refractivity contribution in [1.29, 1.82) is 0 Å². The molecule has 0 saturated carbocycles. The fourth-order valence-corrected chi connectivity index (χ4v) is 4.26. The summed E-state index contributed by atoms with van der Waals surface area (Å²) in [5, 5.41) is 2.93. The van der Waals surface area contributed by atoms with Crippen molar-refractivity contribution in [1.82, 2.24) is 10.0 Å². The topological polar surface area (TPSA) is 93.7 Å². The molecule has 0 radical (unpaired) electrons. The molecule has 27 heavy (non-hydrogen) atoms. The van der Waals surface area contributed by atoms with Gasteiger partial charge in [-0.1, -0.05) is 23.7 Å². The molecule has 0 aromatic heterocycles. The van der Waals surface area contributed by atoms with E-state index in [1.807, 2.05) is 13.0 Å². The Morgan fingerprint density at radius 1 is 1.15 bits per heavy atom. The van der Waals surface area contributed by atoms with Crippen molar-refractivity contribution >= 4 is 27.5 Å². The zero-order valence-corrected chi connectivity index (χ0v) is 16.4. The summed E-state index contributed by atoms with van der Waals surface area (Å²) >= 11 is 6.06. The van der Waals surface area contributed by atoms with Crippen molar-refractivity contribution in [2.24, 2.45) is 0 Å². The number of rotatable bonds is 6. The molecule has 3 rings (SSSR count). The van der Waals surface area contributed by atoms with Crippen molar-refractivity contribution < 1.29 is 22.7 Å². The summed E-state index contributed by atoms with van der Waals surface area (Å²) in [6, 6.07) is 8.24. The summed E-state index contributed by atoms with van der Waals surface area (Å²) in [5.41, 5.74) is 1.82. The first-order valence-electron chi connectivity index (χ1n) is 8.22. The van der Waals surface area contributed by atoms with Gasteiger partial charge in [-0.2, -0.15) is 0 Å². The third kappa shape index (κ3) is 4.35. The number of ether oxygens (including phenoxy) is 2. The highest BCUT2D eigenvalue weighted by molar-refractivity contribution is 7.89. The number of nitrogens with one attached hydrogen (secondary N) is 2. The second kappa shape index (κ2) is 7.75. The van der Waals surface area contributed by atoms with E-state index in [0.29, 0.717) is 22.6 Å². The van der Waals surface area contributed by atoms with Gasteiger partial charge in [-0.25, -0.2) is 13.1 Å². The molecule has 0 fully saturated rings. The van der Waals surface area contributed by atoms with Gasteiger partial charge in [0.05, 0.1) is 9.92 Å². The van der Waals surface area contributed by atoms with Crippen LogP contribution in [0.15, 0.2) is 35.2 Å². The molecule has 1 amide bonds. The van der Waals surface area contributed by atoms with Crippen LogP contribution in [0.4, 0.5) is 0 Å². The number of benzene rings is 2. The van der Waals surface area contributed by atoms with Gasteiger partial charge in [0.1, 0.15) is 0 Å². The molecule has 7 nitrogen and oxygen atoms in total. The Labute approximate surface area is 162 Å². The molecule has 0 aliphatic carbocycles. The maximum atomic E-state index is 12.4. The van der Waals surface area contributed by atoms with Crippen LogP contribution in [0.2, 0.25) is 5.02 Å². The van der Waals surface area contributed by atoms with Crippen LogP contribution < -0.4 is 19.5 Å². The van der Waals surface area contributed by atoms with Crippen LogP contribution in [0, 0.1) is 13.8 Å². The molecule has 1 aliphatic heterocycles. The van der Waals surface area contributed by atoms with Gasteiger partial charge >= 0.3 is 0 Å². The van der Waals surface area contributed by atoms with Gasteiger partial charge in [0.25, 0.3) is 5.91 Å². The third-order valence-electron chi connectivity index (χ3n) is 4.03. The zero-order chi connectivity index (χ0) is 19.6. The standard InChI is InChI=1S/C18H19ClN2O5S/c1-11-3-4-12(2)16(7-11)27(23,24)21-6-5-20-18(22)13-8-14(19)17-15(9-13)25-10-26-17/h3-4,7-9,21H,5-6,10H2,1-2H3,(H,20,22).